The van der Waals surface area contributed by atoms with Gasteiger partial charge in [-0.25, -0.2) is 0 Å². The maximum atomic E-state index is 10.6. The summed E-state index contributed by atoms with van der Waals surface area (Å²) in [5.41, 5.74) is 9.63. The van der Waals surface area contributed by atoms with E-state index in [0.29, 0.717) is 0 Å². The lowest BCUT2D eigenvalue weighted by molar-refractivity contribution is -0.122. The van der Waals surface area contributed by atoms with Crippen molar-refractivity contribution in [2.45, 2.75) is 52.9 Å². The van der Waals surface area contributed by atoms with Crippen LogP contribution < -0.4 is 11.5 Å². The molecule has 1 aliphatic carbocycles. The molecule has 0 aromatic heterocycles. The van der Waals surface area contributed by atoms with Crippen molar-refractivity contribution in [2.75, 3.05) is 7.05 Å². The van der Waals surface area contributed by atoms with Gasteiger partial charge in [0, 0.05) is 5.92 Å². The fraction of sp³-hybridized carbons (Fsp3) is 0.917. The number of rotatable bonds is 1. The minimum Gasteiger partial charge on any atom is -0.369 e. The monoisotopic (exact) mass is 216 g/mol. The number of nitrogens with two attached hydrogens (primary N) is 2. The molecule has 92 valence electrons. The highest BCUT2D eigenvalue weighted by atomic mass is 16.1. The molecular weight excluding hydrogens is 188 g/mol. The van der Waals surface area contributed by atoms with Crippen LogP contribution in [0.1, 0.15) is 52.9 Å². The quantitative estimate of drug-likeness (QED) is 0.706. The SMILES string of the molecule is CC(C)C.CN.NC(=O)C1CCCCC1. The molecular formula is C12H28N2O. The van der Waals surface area contributed by atoms with Crippen molar-refractivity contribution in [2.24, 2.45) is 23.3 Å². The smallest absolute Gasteiger partial charge is 0.220 e. The van der Waals surface area contributed by atoms with Crippen molar-refractivity contribution in [1.29, 1.82) is 0 Å². The van der Waals surface area contributed by atoms with Crippen molar-refractivity contribution < 1.29 is 4.79 Å². The minimum absolute atomic E-state index is 0.102. The number of primary amides is 1. The van der Waals surface area contributed by atoms with E-state index in [0.717, 1.165) is 18.8 Å². The van der Waals surface area contributed by atoms with Gasteiger partial charge in [-0.05, 0) is 25.8 Å². The Hall–Kier alpha value is -0.570. The van der Waals surface area contributed by atoms with Crippen molar-refractivity contribution in [3.8, 4) is 0 Å². The molecule has 1 rings (SSSR count). The molecule has 1 aliphatic rings. The molecule has 0 atom stereocenters. The summed E-state index contributed by atoms with van der Waals surface area (Å²) >= 11 is 0. The van der Waals surface area contributed by atoms with E-state index in [4.69, 9.17) is 5.73 Å². The lowest BCUT2D eigenvalue weighted by atomic mass is 9.89. The predicted molar refractivity (Wildman–Crippen MR) is 66.4 cm³/mol. The number of carbonyl (C=O) groups excluding carboxylic acids is 1. The van der Waals surface area contributed by atoms with Crippen molar-refractivity contribution in [3.63, 3.8) is 0 Å². The van der Waals surface area contributed by atoms with Gasteiger partial charge in [0.1, 0.15) is 0 Å². The summed E-state index contributed by atoms with van der Waals surface area (Å²) in [5, 5.41) is 0. The Morgan fingerprint density at radius 1 is 1.07 bits per heavy atom. The Balaban J connectivity index is 0. The van der Waals surface area contributed by atoms with E-state index >= 15 is 0 Å². The molecule has 0 radical (unpaired) electrons. The van der Waals surface area contributed by atoms with Crippen molar-refractivity contribution >= 4 is 5.91 Å². The summed E-state index contributed by atoms with van der Waals surface area (Å²) in [7, 11) is 1.50. The van der Waals surface area contributed by atoms with E-state index < -0.39 is 0 Å². The first-order chi connectivity index (χ1) is 7.04. The Morgan fingerprint density at radius 3 is 1.60 bits per heavy atom. The Labute approximate surface area is 94.6 Å². The van der Waals surface area contributed by atoms with E-state index in [9.17, 15) is 4.79 Å². The Morgan fingerprint density at radius 2 is 1.40 bits per heavy atom. The van der Waals surface area contributed by atoms with Gasteiger partial charge in [0.2, 0.25) is 5.91 Å². The molecule has 0 bridgehead atoms. The van der Waals surface area contributed by atoms with Crippen molar-refractivity contribution in [1.82, 2.24) is 0 Å². The molecule has 0 unspecified atom stereocenters. The zero-order valence-electron chi connectivity index (χ0n) is 10.8. The van der Waals surface area contributed by atoms with Crippen LogP contribution in [-0.2, 0) is 4.79 Å². The summed E-state index contributed by atoms with van der Waals surface area (Å²) in [4.78, 5) is 10.6. The first-order valence-corrected chi connectivity index (χ1v) is 5.91. The maximum absolute atomic E-state index is 10.6. The highest BCUT2D eigenvalue weighted by molar-refractivity contribution is 5.76. The van der Waals surface area contributed by atoms with Crippen molar-refractivity contribution in [3.05, 3.63) is 0 Å². The molecule has 1 saturated carbocycles. The van der Waals surface area contributed by atoms with Gasteiger partial charge in [-0.2, -0.15) is 0 Å². The zero-order valence-corrected chi connectivity index (χ0v) is 10.8. The molecule has 0 saturated heterocycles. The number of hydrogen-bond acceptors (Lipinski definition) is 2. The third-order valence-electron chi connectivity index (χ3n) is 2.01. The molecule has 0 heterocycles. The molecule has 1 fully saturated rings. The van der Waals surface area contributed by atoms with Gasteiger partial charge < -0.3 is 11.5 Å². The van der Waals surface area contributed by atoms with E-state index in [-0.39, 0.29) is 11.8 Å². The van der Waals surface area contributed by atoms with Crippen LogP contribution in [0.15, 0.2) is 0 Å². The van der Waals surface area contributed by atoms with Gasteiger partial charge in [-0.1, -0.05) is 40.0 Å². The molecule has 3 nitrogen and oxygen atoms in total. The summed E-state index contributed by atoms with van der Waals surface area (Å²) in [6.07, 6.45) is 5.70. The van der Waals surface area contributed by atoms with Crippen LogP contribution in [0.3, 0.4) is 0 Å². The largest absolute Gasteiger partial charge is 0.369 e. The van der Waals surface area contributed by atoms with Crippen LogP contribution in [-0.4, -0.2) is 13.0 Å². The van der Waals surface area contributed by atoms with Gasteiger partial charge >= 0.3 is 0 Å². The topological polar surface area (TPSA) is 69.1 Å². The molecule has 0 spiro atoms. The molecule has 0 aromatic carbocycles. The summed E-state index contributed by atoms with van der Waals surface area (Å²) in [6, 6.07) is 0. The Kier molecular flexibility index (Phi) is 12.9. The number of amides is 1. The van der Waals surface area contributed by atoms with Crippen LogP contribution in [0, 0.1) is 11.8 Å². The van der Waals surface area contributed by atoms with Crippen LogP contribution in [0.25, 0.3) is 0 Å². The molecule has 3 heteroatoms. The van der Waals surface area contributed by atoms with E-state index in [1.54, 1.807) is 0 Å². The van der Waals surface area contributed by atoms with E-state index in [1.807, 2.05) is 0 Å². The van der Waals surface area contributed by atoms with Crippen LogP contribution >= 0.6 is 0 Å². The van der Waals surface area contributed by atoms with Crippen LogP contribution in [0.5, 0.6) is 0 Å². The van der Waals surface area contributed by atoms with Crippen LogP contribution in [0.4, 0.5) is 0 Å². The third-order valence-corrected chi connectivity index (χ3v) is 2.01. The number of hydrogen-bond donors (Lipinski definition) is 2. The van der Waals surface area contributed by atoms with Gasteiger partial charge in [0.05, 0.1) is 0 Å². The lowest BCUT2D eigenvalue weighted by Gasteiger charge is -2.17. The van der Waals surface area contributed by atoms with E-state index in [2.05, 4.69) is 26.5 Å². The minimum atomic E-state index is -0.102. The molecule has 1 amide bonds. The summed E-state index contributed by atoms with van der Waals surface area (Å²) < 4.78 is 0. The second-order valence-corrected chi connectivity index (χ2v) is 4.47. The predicted octanol–water partition coefficient (Wildman–Crippen LogP) is 2.29. The summed E-state index contributed by atoms with van der Waals surface area (Å²) in [5.74, 6) is 0.924. The van der Waals surface area contributed by atoms with Gasteiger partial charge in [-0.15, -0.1) is 0 Å². The zero-order chi connectivity index (χ0) is 12.3. The normalized spacial score (nSPS) is 15.9. The highest BCUT2D eigenvalue weighted by Gasteiger charge is 2.17. The van der Waals surface area contributed by atoms with Gasteiger partial charge in [0.15, 0.2) is 0 Å². The fourth-order valence-electron chi connectivity index (χ4n) is 1.39. The summed E-state index contributed by atoms with van der Waals surface area (Å²) in [6.45, 7) is 6.50. The third kappa shape index (κ3) is 13.4. The average Bonchev–Trinajstić information content (AvgIpc) is 2.21. The second kappa shape index (κ2) is 11.5. The first-order valence-electron chi connectivity index (χ1n) is 5.91. The number of carbonyl (C=O) groups is 1. The molecule has 0 aliphatic heterocycles. The van der Waals surface area contributed by atoms with Gasteiger partial charge in [-0.3, -0.25) is 4.79 Å². The van der Waals surface area contributed by atoms with E-state index in [1.165, 1.54) is 26.3 Å². The van der Waals surface area contributed by atoms with Gasteiger partial charge in [0.25, 0.3) is 0 Å². The highest BCUT2D eigenvalue weighted by Crippen LogP contribution is 2.22. The standard InChI is InChI=1S/C7H13NO.C4H10.CH5N/c8-7(9)6-4-2-1-3-5-6;1-4(2)3;1-2/h6H,1-5H2,(H2,8,9);4H,1-3H3;2H2,1H3. The first kappa shape index (κ1) is 16.8. The second-order valence-electron chi connectivity index (χ2n) is 4.47. The fourth-order valence-corrected chi connectivity index (χ4v) is 1.39. The Bertz CT molecular complexity index is 138. The van der Waals surface area contributed by atoms with Crippen LogP contribution in [0.2, 0.25) is 0 Å². The molecule has 0 aromatic rings. The molecule has 15 heavy (non-hydrogen) atoms. The average molecular weight is 216 g/mol. The maximum Gasteiger partial charge on any atom is 0.220 e. The molecule has 4 N–H and O–H groups in total. The lowest BCUT2D eigenvalue weighted by Crippen LogP contribution is -2.24.